The van der Waals surface area contributed by atoms with Crippen molar-refractivity contribution >= 4 is 22.8 Å². The number of hydrogen-bond acceptors (Lipinski definition) is 6. The lowest BCUT2D eigenvalue weighted by Crippen LogP contribution is -2.32. The topological polar surface area (TPSA) is 111 Å². The monoisotopic (exact) mass is 332 g/mol. The summed E-state index contributed by atoms with van der Waals surface area (Å²) >= 11 is 0. The Kier molecular flexibility index (Phi) is 3.58. The van der Waals surface area contributed by atoms with Crippen LogP contribution in [0.2, 0.25) is 0 Å². The minimum Gasteiger partial charge on any atom is -0.272 e. The fourth-order valence-electron chi connectivity index (χ4n) is 4.10. The smallest absolute Gasteiger partial charge is 0.272 e. The van der Waals surface area contributed by atoms with Gasteiger partial charge in [-0.05, 0) is 36.7 Å². The molecule has 3 rings (SSSR count). The van der Waals surface area contributed by atoms with Crippen molar-refractivity contribution < 1.29 is 9.85 Å². The van der Waals surface area contributed by atoms with Gasteiger partial charge in [0.1, 0.15) is 5.69 Å². The molecular formula is C16H20N4O4. The molecule has 2 atom stereocenters. The molecule has 8 heteroatoms. The van der Waals surface area contributed by atoms with E-state index in [4.69, 9.17) is 0 Å². The molecule has 2 bridgehead atoms. The van der Waals surface area contributed by atoms with Crippen LogP contribution in [0.15, 0.2) is 23.3 Å². The van der Waals surface area contributed by atoms with E-state index in [1.54, 1.807) is 0 Å². The van der Waals surface area contributed by atoms with Gasteiger partial charge in [-0.1, -0.05) is 20.8 Å². The van der Waals surface area contributed by atoms with Crippen LogP contribution in [-0.4, -0.2) is 15.6 Å². The van der Waals surface area contributed by atoms with Crippen molar-refractivity contribution in [2.24, 2.45) is 21.8 Å². The van der Waals surface area contributed by atoms with Crippen molar-refractivity contribution in [3.63, 3.8) is 0 Å². The van der Waals surface area contributed by atoms with Gasteiger partial charge in [0.05, 0.1) is 15.9 Å². The first-order chi connectivity index (χ1) is 11.2. The Balaban J connectivity index is 1.90. The number of rotatable bonds is 4. The summed E-state index contributed by atoms with van der Waals surface area (Å²) < 4.78 is 0. The molecule has 24 heavy (non-hydrogen) atoms. The van der Waals surface area contributed by atoms with Crippen LogP contribution in [0, 0.1) is 37.0 Å². The predicted molar refractivity (Wildman–Crippen MR) is 90.0 cm³/mol. The van der Waals surface area contributed by atoms with E-state index in [-0.39, 0.29) is 27.9 Å². The van der Waals surface area contributed by atoms with E-state index in [2.05, 4.69) is 31.3 Å². The Bertz CT molecular complexity index is 758. The van der Waals surface area contributed by atoms with E-state index in [0.717, 1.165) is 24.6 Å². The molecular weight excluding hydrogens is 312 g/mol. The number of non-ortho nitro benzene ring substituents is 1. The van der Waals surface area contributed by atoms with Crippen molar-refractivity contribution in [3.05, 3.63) is 38.4 Å². The molecule has 0 aliphatic heterocycles. The first kappa shape index (κ1) is 16.4. The third-order valence-electron chi connectivity index (χ3n) is 6.21. The molecule has 0 aromatic heterocycles. The van der Waals surface area contributed by atoms with Gasteiger partial charge in [0.25, 0.3) is 5.69 Å². The molecule has 0 unspecified atom stereocenters. The molecule has 128 valence electrons. The fourth-order valence-corrected chi connectivity index (χ4v) is 4.10. The predicted octanol–water partition coefficient (Wildman–Crippen LogP) is 4.12. The Hall–Kier alpha value is -2.51. The van der Waals surface area contributed by atoms with Crippen LogP contribution in [0.5, 0.6) is 0 Å². The number of nitro groups is 2. The van der Waals surface area contributed by atoms with Crippen LogP contribution in [-0.2, 0) is 0 Å². The standard InChI is InChI=1S/C16H20N4O4/c1-15(2)10-6-7-16(15,3)14(8-10)18-17-12-5-4-11(19(21)22)9-13(12)20(23)24/h4-5,9-10,17H,6-8H2,1-3H3/b18-14-/t10-,16+/m0/s1. The fraction of sp³-hybridized carbons (Fsp3) is 0.562. The van der Waals surface area contributed by atoms with Gasteiger partial charge < -0.3 is 0 Å². The van der Waals surface area contributed by atoms with Gasteiger partial charge in [0, 0.05) is 17.2 Å². The quantitative estimate of drug-likeness (QED) is 0.658. The summed E-state index contributed by atoms with van der Waals surface area (Å²) in [5.74, 6) is 0.579. The number of hydrogen-bond donors (Lipinski definition) is 1. The molecule has 2 aliphatic rings. The Morgan fingerprint density at radius 1 is 1.21 bits per heavy atom. The normalized spacial score (nSPS) is 29.0. The van der Waals surface area contributed by atoms with Crippen molar-refractivity contribution in [3.8, 4) is 0 Å². The molecule has 8 nitrogen and oxygen atoms in total. The zero-order valence-corrected chi connectivity index (χ0v) is 13.9. The second-order valence-corrected chi connectivity index (χ2v) is 7.38. The number of hydrazone groups is 1. The maximum absolute atomic E-state index is 11.2. The molecule has 0 amide bonds. The summed E-state index contributed by atoms with van der Waals surface area (Å²) in [6, 6.07) is 3.53. The van der Waals surface area contributed by atoms with Crippen LogP contribution in [0.1, 0.15) is 40.0 Å². The second kappa shape index (κ2) is 5.25. The van der Waals surface area contributed by atoms with Crippen molar-refractivity contribution in [1.29, 1.82) is 0 Å². The molecule has 1 aromatic rings. The molecule has 1 aromatic carbocycles. The van der Waals surface area contributed by atoms with E-state index in [1.807, 2.05) is 0 Å². The lowest BCUT2D eigenvalue weighted by atomic mass is 9.70. The van der Waals surface area contributed by atoms with Crippen molar-refractivity contribution in [2.45, 2.75) is 40.0 Å². The molecule has 0 spiro atoms. The summed E-state index contributed by atoms with van der Waals surface area (Å²) in [4.78, 5) is 20.7. The average Bonchev–Trinajstić information content (AvgIpc) is 2.85. The summed E-state index contributed by atoms with van der Waals surface area (Å²) in [7, 11) is 0. The number of nitrogens with one attached hydrogen (secondary N) is 1. The van der Waals surface area contributed by atoms with Crippen molar-refractivity contribution in [1.82, 2.24) is 0 Å². The molecule has 0 radical (unpaired) electrons. The molecule has 2 aliphatic carbocycles. The van der Waals surface area contributed by atoms with Gasteiger partial charge in [0.15, 0.2) is 0 Å². The Morgan fingerprint density at radius 3 is 2.42 bits per heavy atom. The summed E-state index contributed by atoms with van der Waals surface area (Å²) in [5.41, 5.74) is 3.46. The number of anilines is 1. The van der Waals surface area contributed by atoms with Gasteiger partial charge in [-0.2, -0.15) is 5.10 Å². The van der Waals surface area contributed by atoms with E-state index in [1.165, 1.54) is 18.6 Å². The highest BCUT2D eigenvalue weighted by Crippen LogP contribution is 2.63. The highest BCUT2D eigenvalue weighted by Gasteiger charge is 2.60. The van der Waals surface area contributed by atoms with Gasteiger partial charge in [-0.15, -0.1) is 0 Å². The van der Waals surface area contributed by atoms with Gasteiger partial charge in [-0.3, -0.25) is 25.7 Å². The highest BCUT2D eigenvalue weighted by molar-refractivity contribution is 5.95. The highest BCUT2D eigenvalue weighted by atomic mass is 16.6. The average molecular weight is 332 g/mol. The number of fused-ring (bicyclic) bond motifs is 2. The summed E-state index contributed by atoms with van der Waals surface area (Å²) in [5, 5.41) is 26.4. The maximum atomic E-state index is 11.2. The first-order valence-corrected chi connectivity index (χ1v) is 7.93. The lowest BCUT2D eigenvalue weighted by Gasteiger charge is -2.34. The zero-order chi connectivity index (χ0) is 17.7. The van der Waals surface area contributed by atoms with Gasteiger partial charge in [0.2, 0.25) is 0 Å². The maximum Gasteiger partial charge on any atom is 0.301 e. The van der Waals surface area contributed by atoms with Gasteiger partial charge in [-0.25, -0.2) is 0 Å². The Labute approximate surface area is 139 Å². The van der Waals surface area contributed by atoms with Gasteiger partial charge >= 0.3 is 5.69 Å². The van der Waals surface area contributed by atoms with E-state index in [9.17, 15) is 20.2 Å². The minimum atomic E-state index is -0.651. The number of nitro benzene ring substituents is 2. The van der Waals surface area contributed by atoms with E-state index in [0.29, 0.717) is 5.92 Å². The zero-order valence-electron chi connectivity index (χ0n) is 13.9. The second-order valence-electron chi connectivity index (χ2n) is 7.38. The molecule has 2 fully saturated rings. The van der Waals surface area contributed by atoms with Crippen LogP contribution in [0.4, 0.5) is 17.1 Å². The largest absolute Gasteiger partial charge is 0.301 e. The summed E-state index contributed by atoms with van der Waals surface area (Å²) in [6.07, 6.45) is 3.13. The SMILES string of the molecule is CC1(C)[C@H]2CC[C@]1(C)/C(=N\Nc1ccc([N+](=O)[O-])cc1[N+](=O)[O-])C2. The van der Waals surface area contributed by atoms with Crippen LogP contribution in [0.3, 0.4) is 0 Å². The molecule has 2 saturated carbocycles. The minimum absolute atomic E-state index is 0.0137. The van der Waals surface area contributed by atoms with Crippen molar-refractivity contribution in [2.75, 3.05) is 5.43 Å². The first-order valence-electron chi connectivity index (χ1n) is 7.93. The van der Waals surface area contributed by atoms with Crippen LogP contribution in [0.25, 0.3) is 0 Å². The van der Waals surface area contributed by atoms with Crippen LogP contribution >= 0.6 is 0 Å². The number of nitrogens with zero attached hydrogens (tertiary/aromatic N) is 3. The molecule has 0 saturated heterocycles. The molecule has 0 heterocycles. The number of benzene rings is 1. The molecule has 1 N–H and O–H groups in total. The van der Waals surface area contributed by atoms with E-state index >= 15 is 0 Å². The summed E-state index contributed by atoms with van der Waals surface area (Å²) in [6.45, 7) is 6.70. The lowest BCUT2D eigenvalue weighted by molar-refractivity contribution is -0.393. The third kappa shape index (κ3) is 2.24. The van der Waals surface area contributed by atoms with Crippen LogP contribution < -0.4 is 5.43 Å². The third-order valence-corrected chi connectivity index (χ3v) is 6.21. The Morgan fingerprint density at radius 2 is 1.92 bits per heavy atom. The van der Waals surface area contributed by atoms with E-state index < -0.39 is 9.85 Å².